The Hall–Kier alpha value is -1.23. The molecule has 5 heteroatoms. The van der Waals surface area contributed by atoms with E-state index in [0.29, 0.717) is 0 Å². The van der Waals surface area contributed by atoms with Gasteiger partial charge in [0.15, 0.2) is 0 Å². The Kier molecular flexibility index (Phi) is 1.88. The van der Waals surface area contributed by atoms with Gasteiger partial charge in [-0.05, 0) is 0 Å². The van der Waals surface area contributed by atoms with Gasteiger partial charge in [0.2, 0.25) is 0 Å². The zero-order valence-electron chi connectivity index (χ0n) is 6.62. The maximum Gasteiger partial charge on any atom is 0.268 e. The quantitative estimate of drug-likeness (QED) is 0.791. The first-order chi connectivity index (χ1) is 6.20. The number of nitrogens with zero attached hydrogens (tertiary/aromatic N) is 2. The number of allylic oxidation sites excluding steroid dienone is 1. The summed E-state index contributed by atoms with van der Waals surface area (Å²) in [5.74, 6) is -0.522. The van der Waals surface area contributed by atoms with Crippen molar-refractivity contribution in [1.29, 1.82) is 0 Å². The normalized spacial score (nSPS) is 13.8. The lowest BCUT2D eigenvalue weighted by Gasteiger charge is -2.02. The van der Waals surface area contributed by atoms with E-state index in [9.17, 15) is 4.79 Å². The van der Waals surface area contributed by atoms with E-state index in [1.165, 1.54) is 6.33 Å². The van der Waals surface area contributed by atoms with Crippen LogP contribution in [0, 0.1) is 0 Å². The number of nitrogens with two attached hydrogens (primary N) is 1. The molecule has 0 aromatic carbocycles. The maximum atomic E-state index is 11.0. The molecule has 1 aliphatic carbocycles. The highest BCUT2D eigenvalue weighted by Crippen LogP contribution is 2.31. The Morgan fingerprint density at radius 3 is 3.00 bits per heavy atom. The predicted octanol–water partition coefficient (Wildman–Crippen LogP) is 0.867. The Balaban J connectivity index is 2.66. The second-order valence-electron chi connectivity index (χ2n) is 2.66. The minimum atomic E-state index is -0.522. The van der Waals surface area contributed by atoms with Gasteiger partial charge < -0.3 is 5.73 Å². The lowest BCUT2D eigenvalue weighted by Crippen LogP contribution is -2.16. The monoisotopic (exact) mass is 239 g/mol. The molecule has 66 valence electrons. The fourth-order valence-corrected chi connectivity index (χ4v) is 1.88. The molecule has 0 radical (unpaired) electrons. The molecule has 0 fully saturated rings. The number of rotatable bonds is 1. The van der Waals surface area contributed by atoms with Crippen molar-refractivity contribution in [1.82, 2.24) is 9.97 Å². The molecule has 0 unspecified atom stereocenters. The molecular formula is C8H6BrN3O. The van der Waals surface area contributed by atoms with Crippen molar-refractivity contribution in [2.75, 3.05) is 0 Å². The van der Waals surface area contributed by atoms with Crippen molar-refractivity contribution in [2.45, 2.75) is 6.42 Å². The van der Waals surface area contributed by atoms with Gasteiger partial charge in [-0.25, -0.2) is 9.97 Å². The summed E-state index contributed by atoms with van der Waals surface area (Å²) < 4.78 is 0.844. The molecule has 0 aliphatic heterocycles. The topological polar surface area (TPSA) is 68.9 Å². The smallest absolute Gasteiger partial charge is 0.268 e. The molecule has 1 heterocycles. The van der Waals surface area contributed by atoms with E-state index in [4.69, 9.17) is 5.73 Å². The van der Waals surface area contributed by atoms with E-state index in [0.717, 1.165) is 22.2 Å². The van der Waals surface area contributed by atoms with E-state index in [-0.39, 0.29) is 5.69 Å². The number of hydrogen-bond acceptors (Lipinski definition) is 3. The average molecular weight is 240 g/mol. The highest BCUT2D eigenvalue weighted by Gasteiger charge is 2.20. The Morgan fingerprint density at radius 1 is 1.54 bits per heavy atom. The molecular weight excluding hydrogens is 234 g/mol. The minimum absolute atomic E-state index is 0.283. The number of amides is 1. The zero-order chi connectivity index (χ0) is 9.42. The number of carbonyl (C=O) groups excluding carboxylic acids is 1. The molecule has 0 saturated heterocycles. The molecule has 0 saturated carbocycles. The molecule has 0 bridgehead atoms. The van der Waals surface area contributed by atoms with Crippen molar-refractivity contribution in [3.63, 3.8) is 0 Å². The average Bonchev–Trinajstić information content (AvgIpc) is 2.48. The third-order valence-corrected chi connectivity index (χ3v) is 2.59. The highest BCUT2D eigenvalue weighted by atomic mass is 79.9. The van der Waals surface area contributed by atoms with Gasteiger partial charge in [0.05, 0.1) is 5.69 Å². The van der Waals surface area contributed by atoms with Crippen LogP contribution in [0.5, 0.6) is 0 Å². The van der Waals surface area contributed by atoms with Gasteiger partial charge in [0, 0.05) is 16.5 Å². The first-order valence-electron chi connectivity index (χ1n) is 3.70. The van der Waals surface area contributed by atoms with Crippen LogP contribution in [0.2, 0.25) is 0 Å². The van der Waals surface area contributed by atoms with Crippen molar-refractivity contribution >= 4 is 26.3 Å². The van der Waals surface area contributed by atoms with Crippen LogP contribution >= 0.6 is 15.9 Å². The number of carbonyl (C=O) groups is 1. The van der Waals surface area contributed by atoms with E-state index < -0.39 is 5.91 Å². The molecule has 1 aromatic heterocycles. The SMILES string of the molecule is NC(=O)c1ncnc2c1C(Br)=CC2. The third kappa shape index (κ3) is 1.25. The lowest BCUT2D eigenvalue weighted by molar-refractivity contribution is 0.0995. The van der Waals surface area contributed by atoms with Gasteiger partial charge >= 0.3 is 0 Å². The summed E-state index contributed by atoms with van der Waals surface area (Å²) in [6.45, 7) is 0. The number of halogens is 1. The van der Waals surface area contributed by atoms with E-state index in [1.54, 1.807) is 0 Å². The maximum absolute atomic E-state index is 11.0. The highest BCUT2D eigenvalue weighted by molar-refractivity contribution is 9.15. The summed E-state index contributed by atoms with van der Waals surface area (Å²) in [5.41, 5.74) is 7.03. The molecule has 1 aliphatic rings. The summed E-state index contributed by atoms with van der Waals surface area (Å²) in [7, 11) is 0. The standard InChI is InChI=1S/C8H6BrN3O/c9-4-1-2-5-6(4)7(8(10)13)12-3-11-5/h1,3H,2H2,(H2,10,13). The fourth-order valence-electron chi connectivity index (χ4n) is 1.30. The van der Waals surface area contributed by atoms with Crippen LogP contribution in [0.3, 0.4) is 0 Å². The van der Waals surface area contributed by atoms with Crippen molar-refractivity contribution in [3.05, 3.63) is 29.4 Å². The van der Waals surface area contributed by atoms with Crippen LogP contribution in [-0.2, 0) is 6.42 Å². The first kappa shape index (κ1) is 8.37. The third-order valence-electron chi connectivity index (χ3n) is 1.87. The number of hydrogen-bond donors (Lipinski definition) is 1. The second-order valence-corrected chi connectivity index (χ2v) is 3.52. The lowest BCUT2D eigenvalue weighted by atomic mass is 10.2. The van der Waals surface area contributed by atoms with Gasteiger partial charge in [0.25, 0.3) is 5.91 Å². The van der Waals surface area contributed by atoms with Gasteiger partial charge in [0.1, 0.15) is 12.0 Å². The van der Waals surface area contributed by atoms with Crippen LogP contribution in [0.4, 0.5) is 0 Å². The minimum Gasteiger partial charge on any atom is -0.364 e. The van der Waals surface area contributed by atoms with Crippen LogP contribution in [0.1, 0.15) is 21.7 Å². The van der Waals surface area contributed by atoms with E-state index in [2.05, 4.69) is 25.9 Å². The predicted molar refractivity (Wildman–Crippen MR) is 51.2 cm³/mol. The van der Waals surface area contributed by atoms with Gasteiger partial charge in [-0.3, -0.25) is 4.79 Å². The summed E-state index contributed by atoms with van der Waals surface area (Å²) >= 11 is 3.33. The van der Waals surface area contributed by atoms with Crippen molar-refractivity contribution in [2.24, 2.45) is 5.73 Å². The molecule has 13 heavy (non-hydrogen) atoms. The summed E-state index contributed by atoms with van der Waals surface area (Å²) in [6, 6.07) is 0. The Labute approximate surface area is 83.0 Å². The molecule has 2 rings (SSSR count). The van der Waals surface area contributed by atoms with E-state index >= 15 is 0 Å². The van der Waals surface area contributed by atoms with Crippen LogP contribution in [0.15, 0.2) is 12.4 Å². The molecule has 1 aromatic rings. The van der Waals surface area contributed by atoms with Crippen molar-refractivity contribution < 1.29 is 4.79 Å². The van der Waals surface area contributed by atoms with Crippen LogP contribution in [-0.4, -0.2) is 15.9 Å². The zero-order valence-corrected chi connectivity index (χ0v) is 8.21. The van der Waals surface area contributed by atoms with Crippen molar-refractivity contribution in [3.8, 4) is 0 Å². The molecule has 1 amide bonds. The molecule has 0 atom stereocenters. The summed E-state index contributed by atoms with van der Waals surface area (Å²) in [6.07, 6.45) is 4.02. The molecule has 0 spiro atoms. The summed E-state index contributed by atoms with van der Waals surface area (Å²) in [4.78, 5) is 18.9. The summed E-state index contributed by atoms with van der Waals surface area (Å²) in [5, 5.41) is 0. The second kappa shape index (κ2) is 2.92. The molecule has 2 N–H and O–H groups in total. The molecule has 4 nitrogen and oxygen atoms in total. The van der Waals surface area contributed by atoms with E-state index in [1.807, 2.05) is 6.08 Å². The number of aromatic nitrogens is 2. The van der Waals surface area contributed by atoms with Crippen LogP contribution in [0.25, 0.3) is 4.48 Å². The number of fused-ring (bicyclic) bond motifs is 1. The Bertz CT molecular complexity index is 414. The Morgan fingerprint density at radius 2 is 2.31 bits per heavy atom. The van der Waals surface area contributed by atoms with Gasteiger partial charge in [-0.1, -0.05) is 22.0 Å². The van der Waals surface area contributed by atoms with Gasteiger partial charge in [-0.2, -0.15) is 0 Å². The fraction of sp³-hybridized carbons (Fsp3) is 0.125. The van der Waals surface area contributed by atoms with Gasteiger partial charge in [-0.15, -0.1) is 0 Å². The van der Waals surface area contributed by atoms with Crippen LogP contribution < -0.4 is 5.73 Å². The number of primary amides is 1. The largest absolute Gasteiger partial charge is 0.364 e. The first-order valence-corrected chi connectivity index (χ1v) is 4.49.